The van der Waals surface area contributed by atoms with Crippen LogP contribution in [0.3, 0.4) is 0 Å². The van der Waals surface area contributed by atoms with E-state index in [-0.39, 0.29) is 24.7 Å². The molecule has 28 heavy (non-hydrogen) atoms. The van der Waals surface area contributed by atoms with Gasteiger partial charge in [0.25, 0.3) is 5.91 Å². The predicted octanol–water partition coefficient (Wildman–Crippen LogP) is 3.72. The van der Waals surface area contributed by atoms with Crippen LogP contribution in [0.5, 0.6) is 0 Å². The number of hydrogen-bond acceptors (Lipinski definition) is 3. The van der Waals surface area contributed by atoms with Crippen LogP contribution in [0.1, 0.15) is 42.6 Å². The van der Waals surface area contributed by atoms with E-state index >= 15 is 0 Å². The molecule has 0 bridgehead atoms. The van der Waals surface area contributed by atoms with Crippen LogP contribution >= 0.6 is 0 Å². The van der Waals surface area contributed by atoms with Crippen molar-refractivity contribution in [3.63, 3.8) is 0 Å². The summed E-state index contributed by atoms with van der Waals surface area (Å²) in [4.78, 5) is 37.9. The molecule has 0 saturated heterocycles. The number of carbonyl (C=O) groups excluding carboxylic acids is 2. The van der Waals surface area contributed by atoms with Gasteiger partial charge in [0.15, 0.2) is 0 Å². The van der Waals surface area contributed by atoms with E-state index in [1.165, 1.54) is 0 Å². The highest BCUT2D eigenvalue weighted by atomic mass is 16.4. The van der Waals surface area contributed by atoms with Crippen LogP contribution < -0.4 is 10.2 Å². The lowest BCUT2D eigenvalue weighted by Crippen LogP contribution is -2.29. The molecule has 1 aliphatic heterocycles. The third-order valence-electron chi connectivity index (χ3n) is 4.79. The van der Waals surface area contributed by atoms with Crippen LogP contribution in [0, 0.1) is 5.41 Å². The van der Waals surface area contributed by atoms with Gasteiger partial charge in [0.1, 0.15) is 0 Å². The summed E-state index contributed by atoms with van der Waals surface area (Å²) in [6.07, 6.45) is 0.821. The number of aliphatic carboxylic acids is 1. The maximum absolute atomic E-state index is 12.9. The first-order valence-electron chi connectivity index (χ1n) is 9.27. The molecule has 2 amide bonds. The van der Waals surface area contributed by atoms with Crippen LogP contribution in [-0.2, 0) is 16.0 Å². The fourth-order valence-corrected chi connectivity index (χ4v) is 3.55. The van der Waals surface area contributed by atoms with Gasteiger partial charge in [0, 0.05) is 29.9 Å². The van der Waals surface area contributed by atoms with Gasteiger partial charge in [0.2, 0.25) is 5.91 Å². The SMILES string of the molecule is CC(C)(CC(=O)O)CC(=O)Nc1cccc(C(=O)N2CCc3ccccc32)c1. The Morgan fingerprint density at radius 1 is 1.07 bits per heavy atom. The highest BCUT2D eigenvalue weighted by Gasteiger charge is 2.27. The Kier molecular flexibility index (Phi) is 5.49. The Bertz CT molecular complexity index is 920. The number of benzene rings is 2. The minimum absolute atomic E-state index is 0.0803. The molecule has 3 rings (SSSR count). The van der Waals surface area contributed by atoms with Crippen molar-refractivity contribution in [2.75, 3.05) is 16.8 Å². The summed E-state index contributed by atoms with van der Waals surface area (Å²) in [5.74, 6) is -1.31. The summed E-state index contributed by atoms with van der Waals surface area (Å²) in [5, 5.41) is 11.7. The van der Waals surface area contributed by atoms with Gasteiger partial charge in [-0.25, -0.2) is 0 Å². The Morgan fingerprint density at radius 3 is 2.57 bits per heavy atom. The number of carboxylic acids is 1. The maximum Gasteiger partial charge on any atom is 0.303 e. The normalized spacial score (nSPS) is 13.1. The molecule has 0 spiro atoms. The molecule has 6 nitrogen and oxygen atoms in total. The summed E-state index contributed by atoms with van der Waals surface area (Å²) in [5.41, 5.74) is 2.45. The van der Waals surface area contributed by atoms with E-state index in [1.807, 2.05) is 24.3 Å². The van der Waals surface area contributed by atoms with E-state index in [2.05, 4.69) is 5.32 Å². The van der Waals surface area contributed by atoms with E-state index in [1.54, 1.807) is 43.0 Å². The fourth-order valence-electron chi connectivity index (χ4n) is 3.55. The number of nitrogens with one attached hydrogen (secondary N) is 1. The number of fused-ring (bicyclic) bond motifs is 1. The standard InChI is InChI=1S/C22H24N2O4/c1-22(2,14-20(26)27)13-19(25)23-17-8-5-7-16(12-17)21(28)24-11-10-15-6-3-4-9-18(15)24/h3-9,12H,10-11,13-14H2,1-2H3,(H,23,25)(H,26,27). The molecular formula is C22H24N2O4. The zero-order valence-electron chi connectivity index (χ0n) is 16.1. The average Bonchev–Trinajstić information content (AvgIpc) is 3.03. The topological polar surface area (TPSA) is 86.7 Å². The molecular weight excluding hydrogens is 356 g/mol. The lowest BCUT2D eigenvalue weighted by Gasteiger charge is -2.21. The number of carbonyl (C=O) groups is 3. The van der Waals surface area contributed by atoms with Crippen LogP contribution in [0.2, 0.25) is 0 Å². The second kappa shape index (κ2) is 7.84. The van der Waals surface area contributed by atoms with Crippen LogP contribution in [-0.4, -0.2) is 29.4 Å². The summed E-state index contributed by atoms with van der Waals surface area (Å²) in [6.45, 7) is 4.12. The smallest absolute Gasteiger partial charge is 0.303 e. The van der Waals surface area contributed by atoms with E-state index in [9.17, 15) is 14.4 Å². The van der Waals surface area contributed by atoms with Crippen LogP contribution in [0.4, 0.5) is 11.4 Å². The van der Waals surface area contributed by atoms with E-state index in [0.29, 0.717) is 17.8 Å². The summed E-state index contributed by atoms with van der Waals surface area (Å²) in [7, 11) is 0. The molecule has 1 aliphatic rings. The van der Waals surface area contributed by atoms with Crippen LogP contribution in [0.15, 0.2) is 48.5 Å². The number of nitrogens with zero attached hydrogens (tertiary/aromatic N) is 1. The van der Waals surface area contributed by atoms with Crippen molar-refractivity contribution < 1.29 is 19.5 Å². The zero-order valence-corrected chi connectivity index (χ0v) is 16.1. The summed E-state index contributed by atoms with van der Waals surface area (Å²) < 4.78 is 0. The van der Waals surface area contributed by atoms with Crippen molar-refractivity contribution in [3.8, 4) is 0 Å². The van der Waals surface area contributed by atoms with Crippen molar-refractivity contribution in [1.82, 2.24) is 0 Å². The van der Waals surface area contributed by atoms with Gasteiger partial charge in [-0.15, -0.1) is 0 Å². The fraction of sp³-hybridized carbons (Fsp3) is 0.318. The minimum atomic E-state index is -0.934. The van der Waals surface area contributed by atoms with E-state index in [4.69, 9.17) is 5.11 Å². The first-order valence-corrected chi connectivity index (χ1v) is 9.27. The molecule has 2 aromatic rings. The Morgan fingerprint density at radius 2 is 1.82 bits per heavy atom. The molecule has 1 heterocycles. The molecule has 2 aromatic carbocycles. The highest BCUT2D eigenvalue weighted by Crippen LogP contribution is 2.29. The third-order valence-corrected chi connectivity index (χ3v) is 4.79. The van der Waals surface area contributed by atoms with Crippen LogP contribution in [0.25, 0.3) is 0 Å². The van der Waals surface area contributed by atoms with Crippen molar-refractivity contribution >= 4 is 29.2 Å². The lowest BCUT2D eigenvalue weighted by molar-refractivity contribution is -0.139. The molecule has 6 heteroatoms. The largest absolute Gasteiger partial charge is 0.481 e. The van der Waals surface area contributed by atoms with Gasteiger partial charge in [-0.05, 0) is 41.7 Å². The lowest BCUT2D eigenvalue weighted by atomic mass is 9.85. The molecule has 0 aromatic heterocycles. The molecule has 0 fully saturated rings. The summed E-state index contributed by atoms with van der Waals surface area (Å²) in [6, 6.07) is 14.7. The second-order valence-electron chi connectivity index (χ2n) is 7.88. The number of rotatable bonds is 6. The number of anilines is 2. The second-order valence-corrected chi connectivity index (χ2v) is 7.88. The quantitative estimate of drug-likeness (QED) is 0.800. The number of amides is 2. The van der Waals surface area contributed by atoms with Crippen molar-refractivity contribution in [1.29, 1.82) is 0 Å². The van der Waals surface area contributed by atoms with Gasteiger partial charge in [-0.3, -0.25) is 14.4 Å². The van der Waals surface area contributed by atoms with Gasteiger partial charge in [0.05, 0.1) is 6.42 Å². The van der Waals surface area contributed by atoms with Gasteiger partial charge in [-0.2, -0.15) is 0 Å². The number of hydrogen-bond donors (Lipinski definition) is 2. The molecule has 2 N–H and O–H groups in total. The molecule has 0 unspecified atom stereocenters. The molecule has 0 saturated carbocycles. The number of carboxylic acid groups (broad SMARTS) is 1. The average molecular weight is 380 g/mol. The Balaban J connectivity index is 1.70. The molecule has 0 aliphatic carbocycles. The predicted molar refractivity (Wildman–Crippen MR) is 108 cm³/mol. The Labute approximate surface area is 164 Å². The monoisotopic (exact) mass is 380 g/mol. The van der Waals surface area contributed by atoms with Gasteiger partial charge < -0.3 is 15.3 Å². The highest BCUT2D eigenvalue weighted by molar-refractivity contribution is 6.08. The minimum Gasteiger partial charge on any atom is -0.481 e. The van der Waals surface area contributed by atoms with Crippen molar-refractivity contribution in [2.45, 2.75) is 33.1 Å². The summed E-state index contributed by atoms with van der Waals surface area (Å²) >= 11 is 0. The van der Waals surface area contributed by atoms with Crippen molar-refractivity contribution in [2.24, 2.45) is 5.41 Å². The molecule has 0 atom stereocenters. The third kappa shape index (κ3) is 4.57. The maximum atomic E-state index is 12.9. The number of para-hydroxylation sites is 1. The Hall–Kier alpha value is -3.15. The van der Waals surface area contributed by atoms with E-state index < -0.39 is 11.4 Å². The molecule has 146 valence electrons. The first-order chi connectivity index (χ1) is 13.2. The first kappa shape index (κ1) is 19.6. The van der Waals surface area contributed by atoms with Crippen molar-refractivity contribution in [3.05, 3.63) is 59.7 Å². The van der Waals surface area contributed by atoms with Gasteiger partial charge >= 0.3 is 5.97 Å². The molecule has 0 radical (unpaired) electrons. The van der Waals surface area contributed by atoms with E-state index in [0.717, 1.165) is 17.7 Å². The van der Waals surface area contributed by atoms with Gasteiger partial charge in [-0.1, -0.05) is 38.1 Å². The zero-order chi connectivity index (χ0) is 20.3.